The highest BCUT2D eigenvalue weighted by Crippen LogP contribution is 2.20. The molecule has 0 radical (unpaired) electrons. The van der Waals surface area contributed by atoms with E-state index in [1.807, 2.05) is 18.2 Å². The van der Waals surface area contributed by atoms with E-state index < -0.39 is 0 Å². The van der Waals surface area contributed by atoms with Crippen molar-refractivity contribution in [3.05, 3.63) is 34.9 Å². The molecule has 1 aromatic carbocycles. The normalized spacial score (nSPS) is 16.4. The topological polar surface area (TPSA) is 32.7 Å². The van der Waals surface area contributed by atoms with Crippen LogP contribution in [0.25, 0.3) is 0 Å². The molecule has 0 unspecified atom stereocenters. The van der Waals surface area contributed by atoms with Crippen LogP contribution in [0.3, 0.4) is 0 Å². The van der Waals surface area contributed by atoms with Gasteiger partial charge in [-0.05, 0) is 6.07 Å². The highest BCUT2D eigenvalue weighted by atomic mass is 35.5. The standard InChI is InChI=1S/C10H7ClN2OS2/c11-8-4-2-1-3-7(8)5-12-13-9(14)6-16-10(13)15/h1-5H,6H2. The third kappa shape index (κ3) is 2.42. The van der Waals surface area contributed by atoms with Gasteiger partial charge in [-0.1, -0.05) is 53.8 Å². The Kier molecular flexibility index (Phi) is 3.58. The van der Waals surface area contributed by atoms with E-state index in [-0.39, 0.29) is 5.91 Å². The van der Waals surface area contributed by atoms with Gasteiger partial charge in [0.05, 0.1) is 12.0 Å². The van der Waals surface area contributed by atoms with Crippen molar-refractivity contribution < 1.29 is 4.79 Å². The summed E-state index contributed by atoms with van der Waals surface area (Å²) in [5.74, 6) is 0.261. The van der Waals surface area contributed by atoms with Gasteiger partial charge in [0.15, 0.2) is 4.32 Å². The maximum absolute atomic E-state index is 11.4. The summed E-state index contributed by atoms with van der Waals surface area (Å²) >= 11 is 12.3. The summed E-state index contributed by atoms with van der Waals surface area (Å²) < 4.78 is 0.480. The number of halogens is 1. The Hall–Kier alpha value is -0.910. The lowest BCUT2D eigenvalue weighted by Crippen LogP contribution is -2.22. The molecule has 1 amide bonds. The van der Waals surface area contributed by atoms with Crippen molar-refractivity contribution in [2.24, 2.45) is 5.10 Å². The largest absolute Gasteiger partial charge is 0.272 e. The van der Waals surface area contributed by atoms with Gasteiger partial charge in [-0.15, -0.1) is 0 Å². The van der Waals surface area contributed by atoms with E-state index in [1.165, 1.54) is 16.8 Å². The maximum Gasteiger partial charge on any atom is 0.259 e. The molecule has 1 aliphatic rings. The number of rotatable bonds is 2. The minimum atomic E-state index is -0.0988. The molecule has 16 heavy (non-hydrogen) atoms. The van der Waals surface area contributed by atoms with Crippen LogP contribution in [0.4, 0.5) is 0 Å². The maximum atomic E-state index is 11.4. The van der Waals surface area contributed by atoms with Gasteiger partial charge in [0.1, 0.15) is 0 Å². The first-order valence-electron chi connectivity index (χ1n) is 4.47. The minimum absolute atomic E-state index is 0.0988. The highest BCUT2D eigenvalue weighted by molar-refractivity contribution is 8.23. The number of amides is 1. The molecule has 1 heterocycles. The second kappa shape index (κ2) is 4.95. The summed E-state index contributed by atoms with van der Waals surface area (Å²) in [6.07, 6.45) is 1.54. The van der Waals surface area contributed by atoms with E-state index in [0.29, 0.717) is 15.1 Å². The summed E-state index contributed by atoms with van der Waals surface area (Å²) in [5, 5.41) is 5.85. The fourth-order valence-corrected chi connectivity index (χ4v) is 2.31. The van der Waals surface area contributed by atoms with Crippen molar-refractivity contribution in [3.8, 4) is 0 Å². The van der Waals surface area contributed by atoms with Gasteiger partial charge < -0.3 is 0 Å². The quantitative estimate of drug-likeness (QED) is 0.612. The molecular weight excluding hydrogens is 264 g/mol. The first kappa shape index (κ1) is 11.6. The van der Waals surface area contributed by atoms with Crippen LogP contribution in [0.5, 0.6) is 0 Å². The van der Waals surface area contributed by atoms with E-state index in [4.69, 9.17) is 23.8 Å². The van der Waals surface area contributed by atoms with E-state index in [2.05, 4.69) is 5.10 Å². The number of carbonyl (C=O) groups is 1. The molecule has 0 atom stereocenters. The van der Waals surface area contributed by atoms with Crippen LogP contribution in [0.15, 0.2) is 29.4 Å². The molecule has 0 N–H and O–H groups in total. The lowest BCUT2D eigenvalue weighted by molar-refractivity contribution is -0.123. The SMILES string of the molecule is O=C1CSC(=S)N1N=Cc1ccccc1Cl. The zero-order valence-corrected chi connectivity index (χ0v) is 10.5. The van der Waals surface area contributed by atoms with Crippen molar-refractivity contribution in [2.75, 3.05) is 5.75 Å². The molecule has 0 bridgehead atoms. The third-order valence-corrected chi connectivity index (χ3v) is 3.63. The first-order chi connectivity index (χ1) is 7.68. The Labute approximate surface area is 107 Å². The van der Waals surface area contributed by atoms with Gasteiger partial charge in [-0.3, -0.25) is 4.79 Å². The smallest absolute Gasteiger partial charge is 0.259 e. The van der Waals surface area contributed by atoms with Crippen LogP contribution in [-0.4, -0.2) is 27.2 Å². The molecule has 1 aromatic rings. The lowest BCUT2D eigenvalue weighted by atomic mass is 10.2. The zero-order chi connectivity index (χ0) is 11.5. The van der Waals surface area contributed by atoms with Crippen molar-refractivity contribution in [1.29, 1.82) is 0 Å². The third-order valence-electron chi connectivity index (χ3n) is 1.95. The summed E-state index contributed by atoms with van der Waals surface area (Å²) in [4.78, 5) is 11.4. The second-order valence-corrected chi connectivity index (χ2v) is 5.04. The number of hydrogen-bond donors (Lipinski definition) is 0. The molecule has 0 spiro atoms. The average Bonchev–Trinajstić information content (AvgIpc) is 2.58. The minimum Gasteiger partial charge on any atom is -0.272 e. The van der Waals surface area contributed by atoms with Crippen molar-refractivity contribution in [2.45, 2.75) is 0 Å². The molecule has 6 heteroatoms. The number of thiocarbonyl (C=S) groups is 1. The van der Waals surface area contributed by atoms with E-state index in [1.54, 1.807) is 12.3 Å². The molecule has 1 saturated heterocycles. The molecule has 3 nitrogen and oxygen atoms in total. The van der Waals surface area contributed by atoms with Crippen LogP contribution < -0.4 is 0 Å². The molecule has 2 rings (SSSR count). The van der Waals surface area contributed by atoms with Gasteiger partial charge in [0.2, 0.25) is 0 Å². The molecule has 0 aromatic heterocycles. The average molecular weight is 271 g/mol. The van der Waals surface area contributed by atoms with E-state index in [9.17, 15) is 4.79 Å². The molecule has 1 fully saturated rings. The Morgan fingerprint density at radius 3 is 2.88 bits per heavy atom. The zero-order valence-electron chi connectivity index (χ0n) is 8.09. The molecule has 0 saturated carbocycles. The number of carbonyl (C=O) groups excluding carboxylic acids is 1. The number of hydrazone groups is 1. The van der Waals surface area contributed by atoms with Gasteiger partial charge in [0.25, 0.3) is 5.91 Å². The molecule has 0 aliphatic carbocycles. The number of hydrogen-bond acceptors (Lipinski definition) is 4. The fraction of sp³-hybridized carbons (Fsp3) is 0.100. The Morgan fingerprint density at radius 2 is 2.25 bits per heavy atom. The molecule has 1 aliphatic heterocycles. The van der Waals surface area contributed by atoms with Crippen LogP contribution >= 0.6 is 35.6 Å². The van der Waals surface area contributed by atoms with Gasteiger partial charge in [-0.25, -0.2) is 0 Å². The lowest BCUT2D eigenvalue weighted by Gasteiger charge is -2.06. The summed E-state index contributed by atoms with van der Waals surface area (Å²) in [6, 6.07) is 7.28. The number of thioether (sulfide) groups is 1. The van der Waals surface area contributed by atoms with Gasteiger partial charge in [-0.2, -0.15) is 10.1 Å². The predicted molar refractivity (Wildman–Crippen MR) is 70.9 cm³/mol. The predicted octanol–water partition coefficient (Wildman–Crippen LogP) is 2.53. The van der Waals surface area contributed by atoms with E-state index >= 15 is 0 Å². The van der Waals surface area contributed by atoms with Crippen LogP contribution in [0.2, 0.25) is 5.02 Å². The Morgan fingerprint density at radius 1 is 1.50 bits per heavy atom. The second-order valence-electron chi connectivity index (χ2n) is 3.03. The number of nitrogens with zero attached hydrogens (tertiary/aromatic N) is 2. The summed E-state index contributed by atoms with van der Waals surface area (Å²) in [5.41, 5.74) is 0.761. The van der Waals surface area contributed by atoms with Crippen LogP contribution in [0.1, 0.15) is 5.56 Å². The monoisotopic (exact) mass is 270 g/mol. The summed E-state index contributed by atoms with van der Waals surface area (Å²) in [7, 11) is 0. The molecular formula is C10H7ClN2OS2. The fourth-order valence-electron chi connectivity index (χ4n) is 1.16. The summed E-state index contributed by atoms with van der Waals surface area (Å²) in [6.45, 7) is 0. The van der Waals surface area contributed by atoms with E-state index in [0.717, 1.165) is 5.56 Å². The Balaban J connectivity index is 2.18. The van der Waals surface area contributed by atoms with Crippen molar-refractivity contribution >= 4 is 52.0 Å². The Bertz CT molecular complexity index is 460. The van der Waals surface area contributed by atoms with Crippen LogP contribution in [-0.2, 0) is 4.79 Å². The van der Waals surface area contributed by atoms with Gasteiger partial charge in [0, 0.05) is 10.6 Å². The van der Waals surface area contributed by atoms with Crippen molar-refractivity contribution in [1.82, 2.24) is 5.01 Å². The molecule has 82 valence electrons. The van der Waals surface area contributed by atoms with Gasteiger partial charge >= 0.3 is 0 Å². The number of benzene rings is 1. The highest BCUT2D eigenvalue weighted by Gasteiger charge is 2.25. The van der Waals surface area contributed by atoms with Crippen LogP contribution in [0, 0.1) is 0 Å². The van der Waals surface area contributed by atoms with Crippen molar-refractivity contribution in [3.63, 3.8) is 0 Å². The first-order valence-corrected chi connectivity index (χ1v) is 6.24.